The Morgan fingerprint density at radius 1 is 2.00 bits per heavy atom. The van der Waals surface area contributed by atoms with Crippen LogP contribution in [-0.4, -0.2) is 18.9 Å². The standard InChI is InChI=1S/C4H5O3/c1-4(2-6-4)7-3-5/h2H2,1H3. The highest BCUT2D eigenvalue weighted by Crippen LogP contribution is 2.25. The van der Waals surface area contributed by atoms with E-state index in [1.165, 1.54) is 6.47 Å². The van der Waals surface area contributed by atoms with E-state index in [2.05, 4.69) is 9.47 Å². The molecule has 1 atom stereocenters. The van der Waals surface area contributed by atoms with E-state index in [0.29, 0.717) is 6.61 Å². The first-order valence-electron chi connectivity index (χ1n) is 1.96. The first-order valence-corrected chi connectivity index (χ1v) is 1.96. The summed E-state index contributed by atoms with van der Waals surface area (Å²) < 4.78 is 8.96. The van der Waals surface area contributed by atoms with Gasteiger partial charge in [-0.1, -0.05) is 0 Å². The molecule has 39 valence electrons. The van der Waals surface area contributed by atoms with Crippen LogP contribution in [0.2, 0.25) is 0 Å². The quantitative estimate of drug-likeness (QED) is 0.453. The maximum atomic E-state index is 9.43. The highest BCUT2D eigenvalue weighted by atomic mass is 16.8. The maximum absolute atomic E-state index is 9.43. The molecule has 0 saturated carbocycles. The summed E-state index contributed by atoms with van der Waals surface area (Å²) in [6.07, 6.45) is 0. The Morgan fingerprint density at radius 2 is 2.57 bits per heavy atom. The van der Waals surface area contributed by atoms with Crippen molar-refractivity contribution < 1.29 is 14.3 Å². The molecule has 0 bridgehead atoms. The Balaban J connectivity index is 2.25. The fourth-order valence-electron chi connectivity index (χ4n) is 0.249. The van der Waals surface area contributed by atoms with Gasteiger partial charge in [-0.3, -0.25) is 0 Å². The summed E-state index contributed by atoms with van der Waals surface area (Å²) in [4.78, 5) is 9.43. The predicted molar refractivity (Wildman–Crippen MR) is 21.1 cm³/mol. The molecule has 3 nitrogen and oxygen atoms in total. The average Bonchev–Trinajstić information content (AvgIpc) is 2.22. The van der Waals surface area contributed by atoms with Gasteiger partial charge in [0.1, 0.15) is 6.61 Å². The van der Waals surface area contributed by atoms with Crippen molar-refractivity contribution in [3.63, 3.8) is 0 Å². The van der Waals surface area contributed by atoms with Crippen LogP contribution in [0.5, 0.6) is 0 Å². The van der Waals surface area contributed by atoms with E-state index in [0.717, 1.165) is 0 Å². The van der Waals surface area contributed by atoms with Gasteiger partial charge in [0, 0.05) is 6.92 Å². The molecule has 1 fully saturated rings. The van der Waals surface area contributed by atoms with E-state index >= 15 is 0 Å². The molecule has 0 spiro atoms. The lowest BCUT2D eigenvalue weighted by atomic mass is 10.5. The third kappa shape index (κ3) is 0.899. The van der Waals surface area contributed by atoms with Crippen molar-refractivity contribution in [2.45, 2.75) is 12.7 Å². The topological polar surface area (TPSA) is 38.8 Å². The Labute approximate surface area is 41.2 Å². The van der Waals surface area contributed by atoms with Gasteiger partial charge in [-0.15, -0.1) is 0 Å². The first-order chi connectivity index (χ1) is 3.27. The molecule has 0 N–H and O–H groups in total. The molecule has 7 heavy (non-hydrogen) atoms. The number of hydrogen-bond acceptors (Lipinski definition) is 3. The molecule has 0 aromatic heterocycles. The molecular weight excluding hydrogens is 96.0 g/mol. The fourth-order valence-corrected chi connectivity index (χ4v) is 0.249. The van der Waals surface area contributed by atoms with E-state index in [9.17, 15) is 4.79 Å². The molecular formula is C4H5O3. The van der Waals surface area contributed by atoms with Crippen LogP contribution < -0.4 is 0 Å². The summed E-state index contributed by atoms with van der Waals surface area (Å²) in [5, 5.41) is 0. The summed E-state index contributed by atoms with van der Waals surface area (Å²) in [5.41, 5.74) is 0. The van der Waals surface area contributed by atoms with Crippen molar-refractivity contribution in [3.8, 4) is 0 Å². The van der Waals surface area contributed by atoms with E-state index < -0.39 is 5.79 Å². The smallest absolute Gasteiger partial charge is 0.420 e. The molecule has 1 unspecified atom stereocenters. The zero-order valence-corrected chi connectivity index (χ0v) is 3.93. The first kappa shape index (κ1) is 4.59. The van der Waals surface area contributed by atoms with E-state index in [1.54, 1.807) is 6.92 Å². The van der Waals surface area contributed by atoms with Gasteiger partial charge >= 0.3 is 6.47 Å². The van der Waals surface area contributed by atoms with Crippen LogP contribution in [-0.2, 0) is 14.3 Å². The van der Waals surface area contributed by atoms with Crippen molar-refractivity contribution in [2.24, 2.45) is 0 Å². The SMILES string of the molecule is CC1(O[C]=O)CO1. The lowest BCUT2D eigenvalue weighted by Crippen LogP contribution is -2.07. The van der Waals surface area contributed by atoms with Crippen molar-refractivity contribution in [1.82, 2.24) is 0 Å². The summed E-state index contributed by atoms with van der Waals surface area (Å²) in [5.74, 6) is -0.623. The zero-order valence-electron chi connectivity index (χ0n) is 3.93. The van der Waals surface area contributed by atoms with Crippen molar-refractivity contribution >= 4 is 6.47 Å². The van der Waals surface area contributed by atoms with Gasteiger partial charge in [0.25, 0.3) is 0 Å². The van der Waals surface area contributed by atoms with Gasteiger partial charge in [0.05, 0.1) is 0 Å². The molecule has 1 aliphatic rings. The summed E-state index contributed by atoms with van der Waals surface area (Å²) in [6, 6.07) is 0. The molecule has 1 rings (SSSR count). The second-order valence-electron chi connectivity index (χ2n) is 1.61. The van der Waals surface area contributed by atoms with Crippen LogP contribution in [0.4, 0.5) is 0 Å². The highest BCUT2D eigenvalue weighted by molar-refractivity contribution is 5.39. The zero-order chi connectivity index (χ0) is 5.33. The number of rotatable bonds is 2. The molecule has 0 aromatic carbocycles. The third-order valence-corrected chi connectivity index (χ3v) is 0.808. The van der Waals surface area contributed by atoms with Crippen LogP contribution in [0.3, 0.4) is 0 Å². The van der Waals surface area contributed by atoms with Gasteiger partial charge in [-0.05, 0) is 0 Å². The van der Waals surface area contributed by atoms with Crippen LogP contribution in [0, 0.1) is 0 Å². The number of ether oxygens (including phenoxy) is 2. The second kappa shape index (κ2) is 1.20. The lowest BCUT2D eigenvalue weighted by Gasteiger charge is -1.95. The van der Waals surface area contributed by atoms with Gasteiger partial charge in [-0.25, -0.2) is 4.79 Å². The van der Waals surface area contributed by atoms with E-state index in [-0.39, 0.29) is 0 Å². The van der Waals surface area contributed by atoms with Crippen molar-refractivity contribution in [1.29, 1.82) is 0 Å². The van der Waals surface area contributed by atoms with Crippen LogP contribution in [0.1, 0.15) is 6.92 Å². The molecule has 0 aliphatic carbocycles. The maximum Gasteiger partial charge on any atom is 0.420 e. The number of epoxide rings is 1. The largest absolute Gasteiger partial charge is 0.422 e. The fraction of sp³-hybridized carbons (Fsp3) is 0.750. The minimum Gasteiger partial charge on any atom is -0.422 e. The molecule has 1 aliphatic heterocycles. The number of carbonyl (C=O) groups excluding carboxylic acids is 1. The molecule has 0 aromatic rings. The minimum atomic E-state index is -0.623. The Hall–Kier alpha value is -0.570. The normalized spacial score (nSPS) is 37.3. The molecule has 1 saturated heterocycles. The molecule has 0 amide bonds. The van der Waals surface area contributed by atoms with Crippen LogP contribution >= 0.6 is 0 Å². The monoisotopic (exact) mass is 101 g/mol. The van der Waals surface area contributed by atoms with Crippen LogP contribution in [0.15, 0.2) is 0 Å². The van der Waals surface area contributed by atoms with Gasteiger partial charge in [0.15, 0.2) is 0 Å². The van der Waals surface area contributed by atoms with E-state index in [1.807, 2.05) is 0 Å². The summed E-state index contributed by atoms with van der Waals surface area (Å²) in [7, 11) is 0. The highest BCUT2D eigenvalue weighted by Gasteiger charge is 2.42. The predicted octanol–water partition coefficient (Wildman–Crippen LogP) is -0.183. The second-order valence-corrected chi connectivity index (χ2v) is 1.61. The Kier molecular flexibility index (Phi) is 0.785. The van der Waals surface area contributed by atoms with E-state index in [4.69, 9.17) is 0 Å². The van der Waals surface area contributed by atoms with Crippen molar-refractivity contribution in [3.05, 3.63) is 0 Å². The average molecular weight is 101 g/mol. The van der Waals surface area contributed by atoms with Gasteiger partial charge in [-0.2, -0.15) is 0 Å². The third-order valence-electron chi connectivity index (χ3n) is 0.808. The Morgan fingerprint density at radius 3 is 2.71 bits per heavy atom. The van der Waals surface area contributed by atoms with Crippen LogP contribution in [0.25, 0.3) is 0 Å². The van der Waals surface area contributed by atoms with Gasteiger partial charge in [0.2, 0.25) is 5.79 Å². The Bertz CT molecular complexity index is 84.9. The molecule has 1 radical (unpaired) electrons. The molecule has 1 heterocycles. The lowest BCUT2D eigenvalue weighted by molar-refractivity contribution is 0.0639. The summed E-state index contributed by atoms with van der Waals surface area (Å²) >= 11 is 0. The summed E-state index contributed by atoms with van der Waals surface area (Å²) in [6.45, 7) is 3.48. The minimum absolute atomic E-state index is 0.502. The number of hydrogen-bond donors (Lipinski definition) is 0. The van der Waals surface area contributed by atoms with Gasteiger partial charge < -0.3 is 9.47 Å². The van der Waals surface area contributed by atoms with Crippen molar-refractivity contribution in [2.75, 3.05) is 6.61 Å². The molecule has 3 heteroatoms.